The van der Waals surface area contributed by atoms with Gasteiger partial charge in [0.25, 0.3) is 0 Å². The van der Waals surface area contributed by atoms with E-state index < -0.39 is 0 Å². The summed E-state index contributed by atoms with van der Waals surface area (Å²) < 4.78 is 0. The van der Waals surface area contributed by atoms with Crippen molar-refractivity contribution >= 4 is 29.7 Å². The molecule has 0 fully saturated rings. The second-order valence-corrected chi connectivity index (χ2v) is 5.46. The van der Waals surface area contributed by atoms with E-state index in [4.69, 9.17) is 5.73 Å². The second-order valence-electron chi connectivity index (χ2n) is 5.46. The highest BCUT2D eigenvalue weighted by Gasteiger charge is 2.05. The average molecular weight is 319 g/mol. The number of benzene rings is 2. The third-order valence-electron chi connectivity index (χ3n) is 3.53. The molecule has 2 aromatic carbocycles. The lowest BCUT2D eigenvalue weighted by Gasteiger charge is -2.09. The van der Waals surface area contributed by atoms with Crippen LogP contribution in [-0.4, -0.2) is 5.91 Å². The van der Waals surface area contributed by atoms with Gasteiger partial charge in [-0.25, -0.2) is 0 Å². The van der Waals surface area contributed by atoms with Gasteiger partial charge in [0, 0.05) is 17.8 Å². The van der Waals surface area contributed by atoms with E-state index in [1.165, 1.54) is 11.1 Å². The van der Waals surface area contributed by atoms with Crippen molar-refractivity contribution in [2.24, 2.45) is 0 Å². The van der Waals surface area contributed by atoms with Crippen LogP contribution in [0.4, 0.5) is 11.4 Å². The zero-order chi connectivity index (χ0) is 15.2. The van der Waals surface area contributed by atoms with Crippen molar-refractivity contribution < 1.29 is 4.79 Å². The predicted molar refractivity (Wildman–Crippen MR) is 95.6 cm³/mol. The van der Waals surface area contributed by atoms with E-state index >= 15 is 0 Å². The van der Waals surface area contributed by atoms with Crippen LogP contribution in [0.1, 0.15) is 29.5 Å². The minimum absolute atomic E-state index is 0. The number of hydrogen-bond donors (Lipinski definition) is 2. The summed E-state index contributed by atoms with van der Waals surface area (Å²) in [6, 6.07) is 14.0. The first-order chi connectivity index (χ1) is 10.0. The van der Waals surface area contributed by atoms with Crippen molar-refractivity contribution in [1.82, 2.24) is 0 Å². The Morgan fingerprint density at radius 2 is 1.77 bits per heavy atom. The van der Waals surface area contributed by atoms with Gasteiger partial charge >= 0.3 is 0 Å². The highest BCUT2D eigenvalue weighted by molar-refractivity contribution is 5.92. The lowest BCUT2D eigenvalue weighted by Crippen LogP contribution is -2.12. The van der Waals surface area contributed by atoms with E-state index in [0.29, 0.717) is 12.1 Å². The van der Waals surface area contributed by atoms with E-state index in [2.05, 4.69) is 36.5 Å². The molecule has 0 radical (unpaired) electrons. The fourth-order valence-electron chi connectivity index (χ4n) is 2.19. The summed E-state index contributed by atoms with van der Waals surface area (Å²) in [5.41, 5.74) is 10.8. The topological polar surface area (TPSA) is 55.1 Å². The van der Waals surface area contributed by atoms with Crippen LogP contribution in [0.3, 0.4) is 0 Å². The molecule has 0 aromatic heterocycles. The van der Waals surface area contributed by atoms with Crippen molar-refractivity contribution in [3.05, 3.63) is 59.2 Å². The van der Waals surface area contributed by atoms with Gasteiger partial charge in [-0.2, -0.15) is 0 Å². The van der Waals surface area contributed by atoms with Crippen molar-refractivity contribution in [3.8, 4) is 0 Å². The number of carbonyl (C=O) groups excluding carboxylic acids is 1. The van der Waals surface area contributed by atoms with Gasteiger partial charge in [0.15, 0.2) is 0 Å². The summed E-state index contributed by atoms with van der Waals surface area (Å²) in [6.07, 6.45) is 2.28. The molecule has 0 aliphatic heterocycles. The number of nitrogens with one attached hydrogen (secondary N) is 1. The maximum absolute atomic E-state index is 12.0. The molecule has 0 atom stereocenters. The van der Waals surface area contributed by atoms with Crippen LogP contribution in [0.5, 0.6) is 0 Å². The highest BCUT2D eigenvalue weighted by Crippen LogP contribution is 2.18. The SMILES string of the molecule is Cc1ccc(CCCC(=O)Nc2cc(N)ccc2C)cc1.Cl. The summed E-state index contributed by atoms with van der Waals surface area (Å²) in [4.78, 5) is 12.0. The van der Waals surface area contributed by atoms with Crippen LogP contribution in [0.25, 0.3) is 0 Å². The third kappa shape index (κ3) is 5.41. The van der Waals surface area contributed by atoms with Crippen LogP contribution < -0.4 is 11.1 Å². The summed E-state index contributed by atoms with van der Waals surface area (Å²) in [5.74, 6) is 0.0378. The molecular formula is C18H23ClN2O. The second kappa shape index (κ2) is 8.44. The van der Waals surface area contributed by atoms with Gasteiger partial charge in [0.05, 0.1) is 0 Å². The molecule has 0 saturated heterocycles. The lowest BCUT2D eigenvalue weighted by molar-refractivity contribution is -0.116. The first-order valence-corrected chi connectivity index (χ1v) is 7.26. The molecule has 22 heavy (non-hydrogen) atoms. The molecule has 0 saturated carbocycles. The first kappa shape index (κ1) is 18.1. The van der Waals surface area contributed by atoms with E-state index in [1.54, 1.807) is 6.07 Å². The van der Waals surface area contributed by atoms with E-state index in [1.807, 2.05) is 19.1 Å². The molecule has 0 unspecified atom stereocenters. The van der Waals surface area contributed by atoms with Crippen molar-refractivity contribution in [2.45, 2.75) is 33.1 Å². The Bertz CT molecular complexity index is 623. The molecule has 2 rings (SSSR count). The fraction of sp³-hybridized carbons (Fsp3) is 0.278. The van der Waals surface area contributed by atoms with Crippen LogP contribution in [0.2, 0.25) is 0 Å². The average Bonchev–Trinajstić information content (AvgIpc) is 2.45. The summed E-state index contributed by atoms with van der Waals surface area (Å²) in [5, 5.41) is 2.93. The zero-order valence-electron chi connectivity index (χ0n) is 13.1. The number of nitrogens with two attached hydrogens (primary N) is 1. The number of rotatable bonds is 5. The number of hydrogen-bond acceptors (Lipinski definition) is 2. The van der Waals surface area contributed by atoms with Gasteiger partial charge in [0.2, 0.25) is 5.91 Å². The van der Waals surface area contributed by atoms with Crippen LogP contribution in [-0.2, 0) is 11.2 Å². The molecule has 1 amide bonds. The van der Waals surface area contributed by atoms with Crippen LogP contribution in [0, 0.1) is 13.8 Å². The minimum atomic E-state index is 0. The van der Waals surface area contributed by atoms with Gasteiger partial charge in [0.1, 0.15) is 0 Å². The molecule has 4 heteroatoms. The molecule has 0 aliphatic carbocycles. The van der Waals surface area contributed by atoms with Crippen molar-refractivity contribution in [2.75, 3.05) is 11.1 Å². The molecule has 118 valence electrons. The Morgan fingerprint density at radius 1 is 1.09 bits per heavy atom. The zero-order valence-corrected chi connectivity index (χ0v) is 13.9. The predicted octanol–water partition coefficient (Wildman–Crippen LogP) is 4.27. The molecule has 0 aliphatic rings. The summed E-state index contributed by atoms with van der Waals surface area (Å²) >= 11 is 0. The largest absolute Gasteiger partial charge is 0.399 e. The maximum atomic E-state index is 12.0. The third-order valence-corrected chi connectivity index (χ3v) is 3.53. The normalized spacial score (nSPS) is 9.91. The number of carbonyl (C=O) groups is 1. The van der Waals surface area contributed by atoms with E-state index in [9.17, 15) is 4.79 Å². The van der Waals surface area contributed by atoms with E-state index in [0.717, 1.165) is 24.1 Å². The Morgan fingerprint density at radius 3 is 2.45 bits per heavy atom. The summed E-state index contributed by atoms with van der Waals surface area (Å²) in [7, 11) is 0. The molecular weight excluding hydrogens is 296 g/mol. The van der Waals surface area contributed by atoms with Gasteiger partial charge in [-0.3, -0.25) is 4.79 Å². The van der Waals surface area contributed by atoms with Crippen LogP contribution >= 0.6 is 12.4 Å². The molecule has 3 nitrogen and oxygen atoms in total. The van der Waals surface area contributed by atoms with Crippen LogP contribution in [0.15, 0.2) is 42.5 Å². The van der Waals surface area contributed by atoms with Gasteiger partial charge in [-0.1, -0.05) is 35.9 Å². The number of halogens is 1. The van der Waals surface area contributed by atoms with Crippen molar-refractivity contribution in [3.63, 3.8) is 0 Å². The Kier molecular flexibility index (Phi) is 6.93. The highest BCUT2D eigenvalue weighted by atomic mass is 35.5. The standard InChI is InChI=1S/C18H22N2O.ClH/c1-13-6-9-15(10-7-13)4-3-5-18(21)20-17-12-16(19)11-8-14(17)2;/h6-12H,3-5,19H2,1-2H3,(H,20,21);1H. The monoisotopic (exact) mass is 318 g/mol. The van der Waals surface area contributed by atoms with Gasteiger partial charge in [-0.15, -0.1) is 12.4 Å². The quantitative estimate of drug-likeness (QED) is 0.809. The number of anilines is 2. The Labute approximate surface area is 138 Å². The first-order valence-electron chi connectivity index (χ1n) is 7.26. The Balaban J connectivity index is 0.00000242. The molecule has 0 heterocycles. The minimum Gasteiger partial charge on any atom is -0.399 e. The number of amides is 1. The maximum Gasteiger partial charge on any atom is 0.224 e. The molecule has 0 spiro atoms. The number of nitrogen functional groups attached to an aromatic ring is 1. The smallest absolute Gasteiger partial charge is 0.224 e. The van der Waals surface area contributed by atoms with Gasteiger partial charge in [-0.05, 0) is 49.9 Å². The van der Waals surface area contributed by atoms with Gasteiger partial charge < -0.3 is 11.1 Å². The molecule has 0 bridgehead atoms. The van der Waals surface area contributed by atoms with Crippen molar-refractivity contribution in [1.29, 1.82) is 0 Å². The lowest BCUT2D eigenvalue weighted by atomic mass is 10.1. The molecule has 2 aromatic rings. The Hall–Kier alpha value is -2.00. The molecule has 3 N–H and O–H groups in total. The van der Waals surface area contributed by atoms with E-state index in [-0.39, 0.29) is 18.3 Å². The fourth-order valence-corrected chi connectivity index (χ4v) is 2.19. The number of aryl methyl sites for hydroxylation is 3. The summed E-state index contributed by atoms with van der Waals surface area (Å²) in [6.45, 7) is 4.03.